The Balaban J connectivity index is 2.83. The summed E-state index contributed by atoms with van der Waals surface area (Å²) in [5, 5.41) is 3.64. The monoisotopic (exact) mass is 258 g/mol. The summed E-state index contributed by atoms with van der Waals surface area (Å²) in [5.41, 5.74) is 3.41. The van der Waals surface area contributed by atoms with Crippen molar-refractivity contribution < 1.29 is 0 Å². The van der Waals surface area contributed by atoms with Crippen LogP contribution in [0.3, 0.4) is 0 Å². The Morgan fingerprint density at radius 1 is 1.47 bits per heavy atom. The molecule has 1 unspecified atom stereocenters. The number of halogens is 1. The largest absolute Gasteiger partial charge is 0.309 e. The van der Waals surface area contributed by atoms with Crippen LogP contribution in [0, 0.1) is 5.41 Å². The second kappa shape index (κ2) is 5.29. The Bertz CT molecular complexity index is 289. The second-order valence-electron chi connectivity index (χ2n) is 7.01. The minimum absolute atomic E-state index is 0.189. The van der Waals surface area contributed by atoms with E-state index in [1.807, 2.05) is 0 Å². The van der Waals surface area contributed by atoms with Crippen molar-refractivity contribution in [2.75, 3.05) is 19.6 Å². The van der Waals surface area contributed by atoms with Gasteiger partial charge in [0.2, 0.25) is 0 Å². The van der Waals surface area contributed by atoms with Gasteiger partial charge < -0.3 is 5.32 Å². The lowest BCUT2D eigenvalue weighted by Crippen LogP contribution is -2.64. The third-order valence-corrected chi connectivity index (χ3v) is 3.82. The van der Waals surface area contributed by atoms with E-state index in [1.54, 1.807) is 5.54 Å². The molecule has 1 rings (SSSR count). The summed E-state index contributed by atoms with van der Waals surface area (Å²) in [6.07, 6.45) is 0. The highest BCUT2D eigenvalue weighted by Crippen LogP contribution is 2.29. The van der Waals surface area contributed by atoms with Gasteiger partial charge in [-0.15, -0.1) is 0 Å². The van der Waals surface area contributed by atoms with E-state index < -0.39 is 0 Å². The Morgan fingerprint density at radius 3 is 2.53 bits per heavy atom. The topological polar surface area (TPSA) is 15.3 Å². The molecular weight excluding hydrogens is 232 g/mol. The average Bonchev–Trinajstić information content (AvgIpc) is 2.14. The average molecular weight is 259 g/mol. The van der Waals surface area contributed by atoms with Gasteiger partial charge in [-0.2, -0.15) is 0 Å². The molecule has 0 amide bonds. The summed E-state index contributed by atoms with van der Waals surface area (Å²) in [7, 11) is 0. The Hall–Kier alpha value is -0.0500. The lowest BCUT2D eigenvalue weighted by molar-refractivity contribution is 0.0407. The highest BCUT2D eigenvalue weighted by atomic mass is 35.5. The molecule has 17 heavy (non-hydrogen) atoms. The van der Waals surface area contributed by atoms with E-state index >= 15 is 0 Å². The molecule has 1 atom stereocenters. The van der Waals surface area contributed by atoms with E-state index in [1.165, 1.54) is 5.57 Å². The molecule has 0 aliphatic carbocycles. The van der Waals surface area contributed by atoms with Gasteiger partial charge in [0.25, 0.3) is 0 Å². The van der Waals surface area contributed by atoms with Crippen molar-refractivity contribution in [1.82, 2.24) is 10.2 Å². The standard InChI is InChI=1S/C14H27ClN2/c1-11(7-15)9-17-10-14(5,6)16-8-12(17)13(2,3)4/h7,12,16H,8-10H2,1-6H3. The zero-order valence-electron chi connectivity index (χ0n) is 12.1. The zero-order chi connectivity index (χ0) is 13.3. The fourth-order valence-electron chi connectivity index (χ4n) is 2.55. The fourth-order valence-corrected chi connectivity index (χ4v) is 2.62. The van der Waals surface area contributed by atoms with Crippen LogP contribution in [0.4, 0.5) is 0 Å². The predicted octanol–water partition coefficient (Wildman–Crippen LogP) is 3.23. The van der Waals surface area contributed by atoms with Gasteiger partial charge in [-0.25, -0.2) is 0 Å². The maximum atomic E-state index is 5.80. The normalized spacial score (nSPS) is 27.2. The zero-order valence-corrected chi connectivity index (χ0v) is 12.9. The first kappa shape index (κ1) is 15.0. The van der Waals surface area contributed by atoms with Gasteiger partial charge in [-0.1, -0.05) is 32.4 Å². The fraction of sp³-hybridized carbons (Fsp3) is 0.857. The summed E-state index contributed by atoms with van der Waals surface area (Å²) in [4.78, 5) is 2.56. The summed E-state index contributed by atoms with van der Waals surface area (Å²) in [6, 6.07) is 0.557. The van der Waals surface area contributed by atoms with Crippen molar-refractivity contribution in [3.63, 3.8) is 0 Å². The highest BCUT2D eigenvalue weighted by Gasteiger charge is 2.38. The molecule has 0 spiro atoms. The van der Waals surface area contributed by atoms with Crippen LogP contribution >= 0.6 is 11.6 Å². The number of nitrogens with one attached hydrogen (secondary N) is 1. The third-order valence-electron chi connectivity index (χ3n) is 3.45. The molecule has 0 bridgehead atoms. The van der Waals surface area contributed by atoms with E-state index in [0.29, 0.717) is 6.04 Å². The van der Waals surface area contributed by atoms with Gasteiger partial charge in [0.1, 0.15) is 0 Å². The summed E-state index contributed by atoms with van der Waals surface area (Å²) in [6.45, 7) is 16.6. The molecule has 0 saturated carbocycles. The lowest BCUT2D eigenvalue weighted by atomic mass is 9.82. The Labute approximate surface area is 111 Å². The van der Waals surface area contributed by atoms with Crippen molar-refractivity contribution in [1.29, 1.82) is 0 Å². The van der Waals surface area contributed by atoms with E-state index in [4.69, 9.17) is 11.6 Å². The summed E-state index contributed by atoms with van der Waals surface area (Å²) >= 11 is 5.80. The molecule has 1 aliphatic rings. The van der Waals surface area contributed by atoms with Gasteiger partial charge in [-0.05, 0) is 31.8 Å². The molecule has 3 heteroatoms. The highest BCUT2D eigenvalue weighted by molar-refractivity contribution is 6.25. The maximum absolute atomic E-state index is 5.80. The molecule has 0 radical (unpaired) electrons. The quantitative estimate of drug-likeness (QED) is 0.818. The number of rotatable bonds is 2. The smallest absolute Gasteiger partial charge is 0.0273 e. The van der Waals surface area contributed by atoms with Crippen LogP contribution in [0.2, 0.25) is 0 Å². The molecule has 0 aromatic rings. The van der Waals surface area contributed by atoms with Crippen LogP contribution in [0.1, 0.15) is 41.5 Å². The van der Waals surface area contributed by atoms with Gasteiger partial charge in [0.05, 0.1) is 0 Å². The number of piperazine rings is 1. The van der Waals surface area contributed by atoms with Crippen LogP contribution in [0.5, 0.6) is 0 Å². The SMILES string of the molecule is CC(=CCl)CN1CC(C)(C)NCC1C(C)(C)C. The van der Waals surface area contributed by atoms with Crippen molar-refractivity contribution >= 4 is 11.6 Å². The number of hydrogen-bond donors (Lipinski definition) is 1. The summed E-state index contributed by atoms with van der Waals surface area (Å²) < 4.78 is 0. The molecule has 1 fully saturated rings. The first-order chi connectivity index (χ1) is 7.65. The number of hydrogen-bond acceptors (Lipinski definition) is 2. The molecule has 1 heterocycles. The summed E-state index contributed by atoms with van der Waals surface area (Å²) in [5.74, 6) is 0. The van der Waals surface area contributed by atoms with Crippen molar-refractivity contribution in [3.8, 4) is 0 Å². The molecule has 0 aromatic heterocycles. The van der Waals surface area contributed by atoms with E-state index in [-0.39, 0.29) is 11.0 Å². The predicted molar refractivity (Wildman–Crippen MR) is 76.5 cm³/mol. The van der Waals surface area contributed by atoms with Crippen molar-refractivity contribution in [2.45, 2.75) is 53.1 Å². The van der Waals surface area contributed by atoms with Gasteiger partial charge >= 0.3 is 0 Å². The van der Waals surface area contributed by atoms with Crippen LogP contribution in [0.15, 0.2) is 11.1 Å². The van der Waals surface area contributed by atoms with Gasteiger partial charge in [0.15, 0.2) is 0 Å². The minimum Gasteiger partial charge on any atom is -0.309 e. The van der Waals surface area contributed by atoms with Crippen LogP contribution in [-0.2, 0) is 0 Å². The molecule has 2 nitrogen and oxygen atoms in total. The van der Waals surface area contributed by atoms with E-state index in [9.17, 15) is 0 Å². The minimum atomic E-state index is 0.189. The molecule has 1 saturated heterocycles. The third kappa shape index (κ3) is 4.27. The first-order valence-electron chi connectivity index (χ1n) is 6.41. The first-order valence-corrected chi connectivity index (χ1v) is 6.84. The Morgan fingerprint density at radius 2 is 2.06 bits per heavy atom. The van der Waals surface area contributed by atoms with Crippen LogP contribution < -0.4 is 5.32 Å². The lowest BCUT2D eigenvalue weighted by Gasteiger charge is -2.49. The van der Waals surface area contributed by atoms with E-state index in [2.05, 4.69) is 51.8 Å². The molecule has 100 valence electrons. The number of nitrogens with zero attached hydrogens (tertiary/aromatic N) is 1. The van der Waals surface area contributed by atoms with Crippen LogP contribution in [0.25, 0.3) is 0 Å². The second-order valence-corrected chi connectivity index (χ2v) is 7.23. The van der Waals surface area contributed by atoms with Crippen molar-refractivity contribution in [2.24, 2.45) is 5.41 Å². The van der Waals surface area contributed by atoms with Gasteiger partial charge in [-0.3, -0.25) is 4.90 Å². The van der Waals surface area contributed by atoms with Gasteiger partial charge in [0, 0.05) is 36.8 Å². The molecule has 1 N–H and O–H groups in total. The molecule has 1 aliphatic heterocycles. The van der Waals surface area contributed by atoms with E-state index in [0.717, 1.165) is 19.6 Å². The molecule has 0 aromatic carbocycles. The van der Waals surface area contributed by atoms with Crippen molar-refractivity contribution in [3.05, 3.63) is 11.1 Å². The Kier molecular flexibility index (Phi) is 4.67. The maximum Gasteiger partial charge on any atom is 0.0273 e. The van der Waals surface area contributed by atoms with Crippen LogP contribution in [-0.4, -0.2) is 36.1 Å². The molecular formula is C14H27ClN2.